The predicted octanol–water partition coefficient (Wildman–Crippen LogP) is 4.16. The summed E-state index contributed by atoms with van der Waals surface area (Å²) in [5.41, 5.74) is -0.110. The van der Waals surface area contributed by atoms with E-state index in [9.17, 15) is 14.0 Å². The number of fused-ring (bicyclic) bond motifs is 1. The van der Waals surface area contributed by atoms with Gasteiger partial charge in [0.15, 0.2) is 0 Å². The molecule has 0 aliphatic rings. The zero-order valence-corrected chi connectivity index (χ0v) is 13.5. The van der Waals surface area contributed by atoms with Crippen LogP contribution in [0.25, 0.3) is 22.0 Å². The number of carbonyl (C=O) groups excluding carboxylic acids is 1. The van der Waals surface area contributed by atoms with Crippen LogP contribution in [0.1, 0.15) is 17.3 Å². The number of esters is 1. The van der Waals surface area contributed by atoms with Crippen LogP contribution in [-0.4, -0.2) is 17.6 Å². The summed E-state index contributed by atoms with van der Waals surface area (Å²) >= 11 is 6.05. The molecule has 4 nitrogen and oxygen atoms in total. The van der Waals surface area contributed by atoms with Crippen LogP contribution in [0.2, 0.25) is 5.02 Å². The second kappa shape index (κ2) is 6.45. The zero-order valence-electron chi connectivity index (χ0n) is 12.7. The predicted molar refractivity (Wildman–Crippen MR) is 90.9 cm³/mol. The van der Waals surface area contributed by atoms with Crippen molar-refractivity contribution in [2.24, 2.45) is 0 Å². The standard InChI is InChI=1S/C18H13ClFNO3/c1-2-24-18(23)16-15(11-5-3-4-6-13(11)20)12-9-10(19)7-8-14(12)21-17(16)22/h3-9H,2H2,1H3,(H,21,22). The van der Waals surface area contributed by atoms with Gasteiger partial charge in [0.25, 0.3) is 5.56 Å². The molecule has 0 amide bonds. The Hall–Kier alpha value is -2.66. The third kappa shape index (κ3) is 2.78. The molecule has 0 saturated carbocycles. The summed E-state index contributed by atoms with van der Waals surface area (Å²) in [6.45, 7) is 1.73. The number of ether oxygens (including phenoxy) is 1. The van der Waals surface area contributed by atoms with E-state index in [1.165, 1.54) is 18.2 Å². The Morgan fingerprint density at radius 1 is 1.25 bits per heavy atom. The van der Waals surface area contributed by atoms with Gasteiger partial charge in [-0.05, 0) is 31.2 Å². The molecule has 6 heteroatoms. The number of aromatic nitrogens is 1. The lowest BCUT2D eigenvalue weighted by Crippen LogP contribution is -2.21. The Bertz CT molecular complexity index is 997. The Labute approximate surface area is 141 Å². The first-order valence-corrected chi connectivity index (χ1v) is 7.68. The van der Waals surface area contributed by atoms with Crippen LogP contribution in [0.4, 0.5) is 4.39 Å². The number of nitrogens with one attached hydrogen (secondary N) is 1. The Kier molecular flexibility index (Phi) is 4.36. The second-order valence-corrected chi connectivity index (χ2v) is 5.53. The van der Waals surface area contributed by atoms with Gasteiger partial charge < -0.3 is 9.72 Å². The number of hydrogen-bond donors (Lipinski definition) is 1. The highest BCUT2D eigenvalue weighted by Crippen LogP contribution is 2.33. The molecule has 0 aliphatic carbocycles. The number of aromatic amines is 1. The number of benzene rings is 2. The minimum atomic E-state index is -0.807. The molecular weight excluding hydrogens is 333 g/mol. The largest absolute Gasteiger partial charge is 0.462 e. The minimum absolute atomic E-state index is 0.0998. The molecule has 1 N–H and O–H groups in total. The summed E-state index contributed by atoms with van der Waals surface area (Å²) in [5, 5.41) is 0.872. The molecule has 0 aliphatic heterocycles. The fourth-order valence-corrected chi connectivity index (χ4v) is 2.78. The van der Waals surface area contributed by atoms with Crippen molar-refractivity contribution in [3.8, 4) is 11.1 Å². The SMILES string of the molecule is CCOC(=O)c1c(-c2ccccc2F)c2cc(Cl)ccc2[nH]c1=O. The molecule has 0 fully saturated rings. The van der Waals surface area contributed by atoms with Gasteiger partial charge in [0.05, 0.1) is 6.61 Å². The average Bonchev–Trinajstić information content (AvgIpc) is 2.55. The van der Waals surface area contributed by atoms with Gasteiger partial charge in [0.1, 0.15) is 11.4 Å². The second-order valence-electron chi connectivity index (χ2n) is 5.09. The van der Waals surface area contributed by atoms with Crippen molar-refractivity contribution < 1.29 is 13.9 Å². The minimum Gasteiger partial charge on any atom is -0.462 e. The maximum Gasteiger partial charge on any atom is 0.344 e. The molecule has 24 heavy (non-hydrogen) atoms. The summed E-state index contributed by atoms with van der Waals surface area (Å²) in [6, 6.07) is 10.7. The molecule has 122 valence electrons. The van der Waals surface area contributed by atoms with Crippen LogP contribution in [0.15, 0.2) is 47.3 Å². The maximum atomic E-state index is 14.4. The summed E-state index contributed by atoms with van der Waals surface area (Å²) in [6.07, 6.45) is 0. The molecule has 0 saturated heterocycles. The molecule has 3 aromatic rings. The molecule has 1 aromatic heterocycles. The summed E-state index contributed by atoms with van der Waals surface area (Å²) in [5.74, 6) is -1.35. The molecular formula is C18H13ClFNO3. The van der Waals surface area contributed by atoms with Crippen LogP contribution in [0, 0.1) is 5.82 Å². The highest BCUT2D eigenvalue weighted by atomic mass is 35.5. The molecule has 0 radical (unpaired) electrons. The summed E-state index contributed by atoms with van der Waals surface area (Å²) < 4.78 is 19.3. The van der Waals surface area contributed by atoms with Crippen molar-refractivity contribution in [2.75, 3.05) is 6.61 Å². The molecule has 0 atom stereocenters. The lowest BCUT2D eigenvalue weighted by atomic mass is 9.96. The normalized spacial score (nSPS) is 10.8. The van der Waals surface area contributed by atoms with Crippen molar-refractivity contribution in [1.29, 1.82) is 0 Å². The topological polar surface area (TPSA) is 59.2 Å². The highest BCUT2D eigenvalue weighted by Gasteiger charge is 2.23. The van der Waals surface area contributed by atoms with Gasteiger partial charge in [-0.25, -0.2) is 9.18 Å². The van der Waals surface area contributed by atoms with Crippen LogP contribution < -0.4 is 5.56 Å². The van der Waals surface area contributed by atoms with E-state index in [0.717, 1.165) is 0 Å². The van der Waals surface area contributed by atoms with E-state index in [4.69, 9.17) is 16.3 Å². The van der Waals surface area contributed by atoms with Crippen molar-refractivity contribution >= 4 is 28.5 Å². The van der Waals surface area contributed by atoms with E-state index in [2.05, 4.69) is 4.98 Å². The van der Waals surface area contributed by atoms with Gasteiger partial charge in [-0.2, -0.15) is 0 Å². The highest BCUT2D eigenvalue weighted by molar-refractivity contribution is 6.31. The lowest BCUT2D eigenvalue weighted by molar-refractivity contribution is 0.0525. The number of pyridine rings is 1. The van der Waals surface area contributed by atoms with Gasteiger partial charge >= 0.3 is 5.97 Å². The number of rotatable bonds is 3. The van der Waals surface area contributed by atoms with Crippen LogP contribution in [0.3, 0.4) is 0 Å². The molecule has 0 bridgehead atoms. The fraction of sp³-hybridized carbons (Fsp3) is 0.111. The van der Waals surface area contributed by atoms with Gasteiger partial charge in [0, 0.05) is 27.1 Å². The van der Waals surface area contributed by atoms with Crippen molar-refractivity contribution in [1.82, 2.24) is 4.98 Å². The third-order valence-electron chi connectivity index (χ3n) is 3.60. The summed E-state index contributed by atoms with van der Waals surface area (Å²) in [4.78, 5) is 27.3. The first kappa shape index (κ1) is 16.2. The van der Waals surface area contributed by atoms with Crippen molar-refractivity contribution in [2.45, 2.75) is 6.92 Å². The van der Waals surface area contributed by atoms with E-state index in [0.29, 0.717) is 15.9 Å². The third-order valence-corrected chi connectivity index (χ3v) is 3.83. The number of H-pyrrole nitrogens is 1. The van der Waals surface area contributed by atoms with E-state index in [-0.39, 0.29) is 23.3 Å². The number of halogens is 2. The van der Waals surface area contributed by atoms with Gasteiger partial charge in [-0.3, -0.25) is 4.79 Å². The first-order valence-electron chi connectivity index (χ1n) is 7.30. The maximum absolute atomic E-state index is 14.4. The van der Waals surface area contributed by atoms with Crippen molar-refractivity contribution in [3.05, 3.63) is 69.2 Å². The monoisotopic (exact) mass is 345 g/mol. The summed E-state index contributed by atoms with van der Waals surface area (Å²) in [7, 11) is 0. The molecule has 0 spiro atoms. The Balaban J connectivity index is 2.48. The fourth-order valence-electron chi connectivity index (χ4n) is 2.61. The molecule has 0 unspecified atom stereocenters. The van der Waals surface area contributed by atoms with Gasteiger partial charge in [-0.1, -0.05) is 29.8 Å². The van der Waals surface area contributed by atoms with Crippen LogP contribution in [-0.2, 0) is 4.74 Å². The van der Waals surface area contributed by atoms with E-state index in [1.54, 1.807) is 31.2 Å². The van der Waals surface area contributed by atoms with E-state index >= 15 is 0 Å². The van der Waals surface area contributed by atoms with Crippen LogP contribution in [0.5, 0.6) is 0 Å². The first-order chi connectivity index (χ1) is 11.5. The van der Waals surface area contributed by atoms with E-state index < -0.39 is 17.3 Å². The molecule has 2 aromatic carbocycles. The lowest BCUT2D eigenvalue weighted by Gasteiger charge is -2.13. The van der Waals surface area contributed by atoms with E-state index in [1.807, 2.05) is 0 Å². The molecule has 3 rings (SSSR count). The zero-order chi connectivity index (χ0) is 17.3. The smallest absolute Gasteiger partial charge is 0.344 e. The van der Waals surface area contributed by atoms with Gasteiger partial charge in [-0.15, -0.1) is 0 Å². The number of hydrogen-bond acceptors (Lipinski definition) is 3. The van der Waals surface area contributed by atoms with Crippen LogP contribution >= 0.6 is 11.6 Å². The average molecular weight is 346 g/mol. The quantitative estimate of drug-likeness (QED) is 0.725. The Morgan fingerprint density at radius 2 is 2.00 bits per heavy atom. The number of carbonyl (C=O) groups is 1. The van der Waals surface area contributed by atoms with Crippen molar-refractivity contribution in [3.63, 3.8) is 0 Å². The molecule has 1 heterocycles. The van der Waals surface area contributed by atoms with Gasteiger partial charge in [0.2, 0.25) is 0 Å². The Morgan fingerprint density at radius 3 is 2.71 bits per heavy atom.